The Kier molecular flexibility index (Phi) is 2.15. The van der Waals surface area contributed by atoms with E-state index in [1.807, 2.05) is 0 Å². The molecule has 8 heavy (non-hydrogen) atoms. The first-order valence-electron chi connectivity index (χ1n) is 3.08. The average molecular weight is 135 g/mol. The van der Waals surface area contributed by atoms with E-state index >= 15 is 0 Å². The van der Waals surface area contributed by atoms with Gasteiger partial charge in [-0.05, 0) is 25.2 Å². The molecule has 1 aliphatic carbocycles. The molecule has 0 amide bonds. The minimum atomic E-state index is 0.0122. The fourth-order valence-electron chi connectivity index (χ4n) is 0.881. The Hall–Kier alpha value is 0.250. The van der Waals surface area contributed by atoms with Crippen molar-refractivity contribution >= 4 is 11.6 Å². The lowest BCUT2D eigenvalue weighted by atomic mass is 10.2. The van der Waals surface area contributed by atoms with Gasteiger partial charge in [-0.1, -0.05) is 0 Å². The monoisotopic (exact) mass is 134 g/mol. The highest BCUT2D eigenvalue weighted by Gasteiger charge is 2.33. The second-order valence-electron chi connectivity index (χ2n) is 2.39. The van der Waals surface area contributed by atoms with Gasteiger partial charge in [0.05, 0.1) is 6.10 Å². The lowest BCUT2D eigenvalue weighted by Gasteiger charge is -1.89. The third-order valence-corrected chi connectivity index (χ3v) is 1.86. The summed E-state index contributed by atoms with van der Waals surface area (Å²) in [6.45, 7) is 0. The van der Waals surface area contributed by atoms with Crippen LogP contribution in [0.1, 0.15) is 19.3 Å². The second kappa shape index (κ2) is 2.70. The summed E-state index contributed by atoms with van der Waals surface area (Å²) in [6, 6.07) is 0. The van der Waals surface area contributed by atoms with Gasteiger partial charge in [0.15, 0.2) is 0 Å². The number of rotatable bonds is 3. The molecule has 0 aliphatic heterocycles. The van der Waals surface area contributed by atoms with Gasteiger partial charge in [-0.25, -0.2) is 0 Å². The maximum absolute atomic E-state index is 8.81. The van der Waals surface area contributed by atoms with Crippen molar-refractivity contribution < 1.29 is 5.11 Å². The smallest absolute Gasteiger partial charge is 0.0573 e. The molecule has 0 radical (unpaired) electrons. The Labute approximate surface area is 54.7 Å². The van der Waals surface area contributed by atoms with Crippen LogP contribution in [0.15, 0.2) is 0 Å². The molecular weight excluding hydrogens is 124 g/mol. The van der Waals surface area contributed by atoms with Crippen molar-refractivity contribution in [1.82, 2.24) is 0 Å². The predicted octanol–water partition coefficient (Wildman–Crippen LogP) is 1.39. The highest BCUT2D eigenvalue weighted by molar-refractivity contribution is 6.17. The summed E-state index contributed by atoms with van der Waals surface area (Å²) in [4.78, 5) is 0. The van der Waals surface area contributed by atoms with Crippen LogP contribution in [0.25, 0.3) is 0 Å². The van der Waals surface area contributed by atoms with Crippen LogP contribution in [-0.4, -0.2) is 17.1 Å². The van der Waals surface area contributed by atoms with Crippen molar-refractivity contribution in [2.45, 2.75) is 25.4 Å². The van der Waals surface area contributed by atoms with E-state index in [0.717, 1.165) is 25.1 Å². The fraction of sp³-hybridized carbons (Fsp3) is 1.00. The van der Waals surface area contributed by atoms with Crippen molar-refractivity contribution in [3.8, 4) is 0 Å². The minimum absolute atomic E-state index is 0.0122. The Morgan fingerprint density at radius 2 is 2.25 bits per heavy atom. The van der Waals surface area contributed by atoms with Crippen LogP contribution >= 0.6 is 11.6 Å². The molecule has 0 bridgehead atoms. The summed E-state index contributed by atoms with van der Waals surface area (Å²) < 4.78 is 0. The van der Waals surface area contributed by atoms with Crippen LogP contribution in [-0.2, 0) is 0 Å². The van der Waals surface area contributed by atoms with Crippen molar-refractivity contribution in [1.29, 1.82) is 0 Å². The quantitative estimate of drug-likeness (QED) is 0.579. The highest BCUT2D eigenvalue weighted by atomic mass is 35.5. The Balaban J connectivity index is 1.89. The van der Waals surface area contributed by atoms with E-state index in [1.165, 1.54) is 0 Å². The van der Waals surface area contributed by atoms with Gasteiger partial charge in [-0.3, -0.25) is 0 Å². The first-order chi connectivity index (χ1) is 3.84. The topological polar surface area (TPSA) is 20.2 Å². The standard InChI is InChI=1S/C6H11ClO/c7-3-1-2-5-4-6(5)8/h5-6,8H,1-4H2/t5-,6-/m0/s1. The summed E-state index contributed by atoms with van der Waals surface area (Å²) in [6.07, 6.45) is 3.20. The van der Waals surface area contributed by atoms with E-state index in [2.05, 4.69) is 0 Å². The van der Waals surface area contributed by atoms with Crippen molar-refractivity contribution in [2.75, 3.05) is 5.88 Å². The van der Waals surface area contributed by atoms with Crippen LogP contribution in [0, 0.1) is 5.92 Å². The van der Waals surface area contributed by atoms with Gasteiger partial charge >= 0.3 is 0 Å². The molecule has 0 aromatic carbocycles. The summed E-state index contributed by atoms with van der Waals surface area (Å²) in [5.41, 5.74) is 0. The van der Waals surface area contributed by atoms with Gasteiger partial charge < -0.3 is 5.11 Å². The lowest BCUT2D eigenvalue weighted by molar-refractivity contribution is 0.256. The van der Waals surface area contributed by atoms with Gasteiger partial charge in [0.2, 0.25) is 0 Å². The van der Waals surface area contributed by atoms with E-state index < -0.39 is 0 Å². The van der Waals surface area contributed by atoms with Gasteiger partial charge in [-0.2, -0.15) is 0 Å². The zero-order valence-electron chi connectivity index (χ0n) is 4.81. The number of alkyl halides is 1. The number of aliphatic hydroxyl groups is 1. The third-order valence-electron chi connectivity index (χ3n) is 1.59. The fourth-order valence-corrected chi connectivity index (χ4v) is 1.04. The molecule has 1 N–H and O–H groups in total. The molecule has 0 heterocycles. The van der Waals surface area contributed by atoms with E-state index in [-0.39, 0.29) is 6.10 Å². The Bertz CT molecular complexity index is 74.9. The van der Waals surface area contributed by atoms with E-state index in [1.54, 1.807) is 0 Å². The molecule has 1 nitrogen and oxygen atoms in total. The van der Waals surface area contributed by atoms with E-state index in [4.69, 9.17) is 16.7 Å². The third kappa shape index (κ3) is 1.64. The molecular formula is C6H11ClO. The van der Waals surface area contributed by atoms with Crippen LogP contribution in [0.4, 0.5) is 0 Å². The molecule has 2 heteroatoms. The molecule has 1 fully saturated rings. The molecule has 1 aliphatic rings. The van der Waals surface area contributed by atoms with Gasteiger partial charge in [-0.15, -0.1) is 11.6 Å². The average Bonchev–Trinajstić information content (AvgIpc) is 2.42. The van der Waals surface area contributed by atoms with Crippen molar-refractivity contribution in [2.24, 2.45) is 5.92 Å². The van der Waals surface area contributed by atoms with Crippen LogP contribution in [0.2, 0.25) is 0 Å². The zero-order chi connectivity index (χ0) is 5.98. The zero-order valence-corrected chi connectivity index (χ0v) is 5.56. The maximum atomic E-state index is 8.81. The summed E-state index contributed by atoms with van der Waals surface area (Å²) in [5.74, 6) is 1.33. The Morgan fingerprint density at radius 1 is 1.62 bits per heavy atom. The first kappa shape index (κ1) is 6.37. The van der Waals surface area contributed by atoms with Crippen molar-refractivity contribution in [3.05, 3.63) is 0 Å². The molecule has 0 spiro atoms. The molecule has 1 saturated carbocycles. The normalized spacial score (nSPS) is 35.2. The predicted molar refractivity (Wildman–Crippen MR) is 34.1 cm³/mol. The van der Waals surface area contributed by atoms with Crippen molar-refractivity contribution in [3.63, 3.8) is 0 Å². The van der Waals surface area contributed by atoms with E-state index in [0.29, 0.717) is 5.92 Å². The molecule has 0 unspecified atom stereocenters. The first-order valence-corrected chi connectivity index (χ1v) is 3.62. The van der Waals surface area contributed by atoms with Crippen LogP contribution in [0.3, 0.4) is 0 Å². The van der Waals surface area contributed by atoms with Crippen LogP contribution in [0.5, 0.6) is 0 Å². The Morgan fingerprint density at radius 3 is 2.62 bits per heavy atom. The largest absolute Gasteiger partial charge is 0.393 e. The summed E-state index contributed by atoms with van der Waals surface area (Å²) in [5, 5.41) is 8.81. The number of halogens is 1. The highest BCUT2D eigenvalue weighted by Crippen LogP contribution is 2.34. The van der Waals surface area contributed by atoms with Gasteiger partial charge in [0.1, 0.15) is 0 Å². The number of hydrogen-bond acceptors (Lipinski definition) is 1. The molecule has 1 rings (SSSR count). The molecule has 0 saturated heterocycles. The molecule has 48 valence electrons. The molecule has 0 aromatic heterocycles. The lowest BCUT2D eigenvalue weighted by Crippen LogP contribution is -1.85. The summed E-state index contributed by atoms with van der Waals surface area (Å²) in [7, 11) is 0. The summed E-state index contributed by atoms with van der Waals surface area (Å²) >= 11 is 5.44. The number of aliphatic hydroxyl groups excluding tert-OH is 1. The SMILES string of the molecule is O[C@H]1C[C@@H]1CCCCl. The van der Waals surface area contributed by atoms with Gasteiger partial charge in [0.25, 0.3) is 0 Å². The minimum Gasteiger partial charge on any atom is -0.393 e. The van der Waals surface area contributed by atoms with Crippen LogP contribution < -0.4 is 0 Å². The second-order valence-corrected chi connectivity index (χ2v) is 2.77. The molecule has 2 atom stereocenters. The van der Waals surface area contributed by atoms with E-state index in [9.17, 15) is 0 Å². The van der Waals surface area contributed by atoms with Gasteiger partial charge in [0, 0.05) is 5.88 Å². The molecule has 0 aromatic rings. The maximum Gasteiger partial charge on any atom is 0.0573 e. The number of hydrogen-bond donors (Lipinski definition) is 1.